The molecule has 0 saturated carbocycles. The van der Waals surface area contributed by atoms with Crippen molar-refractivity contribution in [2.24, 2.45) is 0 Å². The first-order valence-electron chi connectivity index (χ1n) is 4.75. The molecule has 84 valence electrons. The standard InChI is InChI=1S/C11H16O4/c1-6(2)8-5-7(10(12)13)9(15-8)11(3,4)14/h8,14H,1,5H2,2-4H3,(H,12,13). The number of hydrogen-bond acceptors (Lipinski definition) is 3. The lowest BCUT2D eigenvalue weighted by Gasteiger charge is -2.21. The molecule has 0 fully saturated rings. The van der Waals surface area contributed by atoms with Gasteiger partial charge in [-0.15, -0.1) is 0 Å². The van der Waals surface area contributed by atoms with E-state index in [2.05, 4.69) is 6.58 Å². The summed E-state index contributed by atoms with van der Waals surface area (Å²) in [6.45, 7) is 8.51. The van der Waals surface area contributed by atoms with Crippen molar-refractivity contribution in [3.63, 3.8) is 0 Å². The van der Waals surface area contributed by atoms with Gasteiger partial charge in [0.05, 0.1) is 5.57 Å². The SMILES string of the molecule is C=C(C)C1CC(C(=O)O)=C(C(C)(C)O)O1. The first-order chi connectivity index (χ1) is 6.73. The number of aliphatic hydroxyl groups is 1. The molecule has 1 heterocycles. The molecule has 0 radical (unpaired) electrons. The van der Waals surface area contributed by atoms with Crippen molar-refractivity contribution in [3.8, 4) is 0 Å². The molecule has 15 heavy (non-hydrogen) atoms. The van der Waals surface area contributed by atoms with E-state index in [0.29, 0.717) is 0 Å². The average molecular weight is 212 g/mol. The van der Waals surface area contributed by atoms with Crippen LogP contribution in [0.1, 0.15) is 27.2 Å². The summed E-state index contributed by atoms with van der Waals surface area (Å²) >= 11 is 0. The molecule has 0 aromatic rings. The zero-order valence-corrected chi connectivity index (χ0v) is 9.20. The van der Waals surface area contributed by atoms with Crippen molar-refractivity contribution in [2.75, 3.05) is 0 Å². The molecule has 1 rings (SSSR count). The zero-order valence-electron chi connectivity index (χ0n) is 9.20. The van der Waals surface area contributed by atoms with E-state index in [-0.39, 0.29) is 23.9 Å². The van der Waals surface area contributed by atoms with E-state index in [1.165, 1.54) is 13.8 Å². The fourth-order valence-corrected chi connectivity index (χ4v) is 1.51. The second-order valence-corrected chi connectivity index (χ2v) is 4.33. The Kier molecular flexibility index (Phi) is 2.90. The van der Waals surface area contributed by atoms with E-state index in [1.807, 2.05) is 0 Å². The Morgan fingerprint density at radius 3 is 2.40 bits per heavy atom. The van der Waals surface area contributed by atoms with Gasteiger partial charge in [-0.2, -0.15) is 0 Å². The maximum Gasteiger partial charge on any atom is 0.335 e. The molecule has 0 aliphatic carbocycles. The minimum atomic E-state index is -1.27. The number of ether oxygens (including phenoxy) is 1. The molecule has 4 heteroatoms. The normalized spacial score (nSPS) is 21.5. The van der Waals surface area contributed by atoms with Crippen LogP contribution in [0, 0.1) is 0 Å². The fourth-order valence-electron chi connectivity index (χ4n) is 1.51. The average Bonchev–Trinajstić information content (AvgIpc) is 2.45. The summed E-state index contributed by atoms with van der Waals surface area (Å²) in [5.74, 6) is -0.904. The molecule has 0 spiro atoms. The Hall–Kier alpha value is -1.29. The highest BCUT2D eigenvalue weighted by atomic mass is 16.5. The highest BCUT2D eigenvalue weighted by Crippen LogP contribution is 2.34. The fraction of sp³-hybridized carbons (Fsp3) is 0.545. The van der Waals surface area contributed by atoms with Crippen LogP contribution >= 0.6 is 0 Å². The number of carbonyl (C=O) groups is 1. The minimum absolute atomic E-state index is 0.135. The molecule has 1 unspecified atom stereocenters. The molecule has 0 bridgehead atoms. The van der Waals surface area contributed by atoms with Crippen LogP contribution in [-0.2, 0) is 9.53 Å². The van der Waals surface area contributed by atoms with Gasteiger partial charge < -0.3 is 14.9 Å². The second-order valence-electron chi connectivity index (χ2n) is 4.33. The molecule has 0 saturated heterocycles. The first kappa shape index (κ1) is 11.8. The van der Waals surface area contributed by atoms with Crippen LogP contribution in [0.5, 0.6) is 0 Å². The largest absolute Gasteiger partial charge is 0.486 e. The monoisotopic (exact) mass is 212 g/mol. The molecule has 0 aromatic carbocycles. The van der Waals surface area contributed by atoms with Gasteiger partial charge in [-0.3, -0.25) is 0 Å². The third-order valence-electron chi connectivity index (χ3n) is 2.29. The number of hydrogen-bond donors (Lipinski definition) is 2. The van der Waals surface area contributed by atoms with E-state index >= 15 is 0 Å². The zero-order chi connectivity index (χ0) is 11.8. The summed E-state index contributed by atoms with van der Waals surface area (Å²) in [7, 11) is 0. The van der Waals surface area contributed by atoms with Gasteiger partial charge in [-0.25, -0.2) is 4.79 Å². The third-order valence-corrected chi connectivity index (χ3v) is 2.29. The maximum absolute atomic E-state index is 10.9. The Bertz CT molecular complexity index is 333. The molecule has 0 aromatic heterocycles. The summed E-state index contributed by atoms with van der Waals surface area (Å²) < 4.78 is 5.41. The van der Waals surface area contributed by atoms with Crippen LogP contribution in [0.25, 0.3) is 0 Å². The van der Waals surface area contributed by atoms with Gasteiger partial charge in [0.25, 0.3) is 0 Å². The lowest BCUT2D eigenvalue weighted by Crippen LogP contribution is -2.25. The maximum atomic E-state index is 10.9. The van der Waals surface area contributed by atoms with Crippen LogP contribution in [0.2, 0.25) is 0 Å². The van der Waals surface area contributed by atoms with Crippen LogP contribution < -0.4 is 0 Å². The second kappa shape index (κ2) is 3.70. The summed E-state index contributed by atoms with van der Waals surface area (Å²) in [5.41, 5.74) is -0.374. The summed E-state index contributed by atoms with van der Waals surface area (Å²) in [4.78, 5) is 10.9. The van der Waals surface area contributed by atoms with Crippen molar-refractivity contribution in [1.82, 2.24) is 0 Å². The summed E-state index contributed by atoms with van der Waals surface area (Å²) in [5, 5.41) is 18.7. The molecule has 1 atom stereocenters. The Labute approximate surface area is 88.9 Å². The first-order valence-corrected chi connectivity index (χ1v) is 4.75. The molecule has 1 aliphatic rings. The Balaban J connectivity index is 3.03. The van der Waals surface area contributed by atoms with Gasteiger partial charge in [0.15, 0.2) is 0 Å². The van der Waals surface area contributed by atoms with E-state index in [9.17, 15) is 9.90 Å². The van der Waals surface area contributed by atoms with Crippen LogP contribution in [-0.4, -0.2) is 27.9 Å². The highest BCUT2D eigenvalue weighted by Gasteiger charge is 2.37. The lowest BCUT2D eigenvalue weighted by atomic mass is 10.0. The van der Waals surface area contributed by atoms with Gasteiger partial charge in [0.2, 0.25) is 0 Å². The van der Waals surface area contributed by atoms with Crippen LogP contribution in [0.4, 0.5) is 0 Å². The van der Waals surface area contributed by atoms with Crippen LogP contribution in [0.15, 0.2) is 23.5 Å². The predicted molar refractivity (Wildman–Crippen MR) is 55.3 cm³/mol. The van der Waals surface area contributed by atoms with E-state index in [0.717, 1.165) is 5.57 Å². The molecule has 1 aliphatic heterocycles. The van der Waals surface area contributed by atoms with Gasteiger partial charge in [-0.1, -0.05) is 6.58 Å². The molecule has 4 nitrogen and oxygen atoms in total. The molecular weight excluding hydrogens is 196 g/mol. The predicted octanol–water partition coefficient (Wildman–Crippen LogP) is 1.46. The van der Waals surface area contributed by atoms with Gasteiger partial charge in [0.1, 0.15) is 17.5 Å². The van der Waals surface area contributed by atoms with Gasteiger partial charge in [0, 0.05) is 6.42 Å². The van der Waals surface area contributed by atoms with Crippen molar-refractivity contribution >= 4 is 5.97 Å². The molecule has 0 amide bonds. The Morgan fingerprint density at radius 1 is 1.60 bits per heavy atom. The van der Waals surface area contributed by atoms with Crippen LogP contribution in [0.3, 0.4) is 0 Å². The minimum Gasteiger partial charge on any atom is -0.486 e. The molecule has 2 N–H and O–H groups in total. The van der Waals surface area contributed by atoms with Crippen molar-refractivity contribution in [3.05, 3.63) is 23.5 Å². The lowest BCUT2D eigenvalue weighted by molar-refractivity contribution is -0.133. The van der Waals surface area contributed by atoms with Crippen molar-refractivity contribution in [2.45, 2.75) is 38.9 Å². The topological polar surface area (TPSA) is 66.8 Å². The summed E-state index contributed by atoms with van der Waals surface area (Å²) in [6, 6.07) is 0. The van der Waals surface area contributed by atoms with Crippen molar-refractivity contribution in [1.29, 1.82) is 0 Å². The quantitative estimate of drug-likeness (QED) is 0.695. The van der Waals surface area contributed by atoms with E-state index in [1.54, 1.807) is 6.92 Å². The highest BCUT2D eigenvalue weighted by molar-refractivity contribution is 5.88. The number of carboxylic acids is 1. The number of carboxylic acid groups (broad SMARTS) is 1. The summed E-state index contributed by atoms with van der Waals surface area (Å²) in [6.07, 6.45) is -0.0678. The smallest absolute Gasteiger partial charge is 0.335 e. The number of aliphatic carboxylic acids is 1. The molecular formula is C11H16O4. The van der Waals surface area contributed by atoms with E-state index in [4.69, 9.17) is 9.84 Å². The van der Waals surface area contributed by atoms with Gasteiger partial charge in [-0.05, 0) is 26.3 Å². The van der Waals surface area contributed by atoms with Crippen molar-refractivity contribution < 1.29 is 19.7 Å². The number of rotatable bonds is 3. The Morgan fingerprint density at radius 2 is 2.13 bits per heavy atom. The van der Waals surface area contributed by atoms with Gasteiger partial charge >= 0.3 is 5.97 Å². The van der Waals surface area contributed by atoms with E-state index < -0.39 is 11.6 Å². The third kappa shape index (κ3) is 2.39.